The van der Waals surface area contributed by atoms with Crippen LogP contribution in [-0.2, 0) is 11.2 Å². The van der Waals surface area contributed by atoms with Crippen LogP contribution in [0.5, 0.6) is 0 Å². The van der Waals surface area contributed by atoms with Gasteiger partial charge in [0.2, 0.25) is 5.91 Å². The zero-order valence-electron chi connectivity index (χ0n) is 11.0. The van der Waals surface area contributed by atoms with E-state index in [1.807, 2.05) is 38.1 Å². The Labute approximate surface area is 122 Å². The van der Waals surface area contributed by atoms with Gasteiger partial charge < -0.3 is 5.32 Å². The molecule has 19 heavy (non-hydrogen) atoms. The number of nitrogens with zero attached hydrogens (tertiary/aromatic N) is 1. The molecule has 0 aromatic heterocycles. The van der Waals surface area contributed by atoms with Crippen molar-refractivity contribution < 1.29 is 4.79 Å². The predicted octanol–water partition coefficient (Wildman–Crippen LogP) is 3.13. The number of thioether (sulfide) groups is 1. The Morgan fingerprint density at radius 2 is 2.16 bits per heavy atom. The molecule has 1 aliphatic rings. The smallest absolute Gasteiger partial charge is 0.239 e. The van der Waals surface area contributed by atoms with Crippen LogP contribution in [0.4, 0.5) is 0 Å². The summed E-state index contributed by atoms with van der Waals surface area (Å²) in [5.74, 6) is 0.387. The molecule has 1 heterocycles. The second kappa shape index (κ2) is 6.44. The Balaban J connectivity index is 1.91. The first-order chi connectivity index (χ1) is 9.08. The molecule has 1 aliphatic heterocycles. The van der Waals surface area contributed by atoms with Gasteiger partial charge in [0.25, 0.3) is 0 Å². The maximum atomic E-state index is 11.7. The average molecular weight is 297 g/mol. The van der Waals surface area contributed by atoms with E-state index in [-0.39, 0.29) is 11.2 Å². The molecule has 0 radical (unpaired) electrons. The van der Waals surface area contributed by atoms with Crippen molar-refractivity contribution >= 4 is 34.4 Å². The van der Waals surface area contributed by atoms with E-state index in [1.165, 1.54) is 11.8 Å². The van der Waals surface area contributed by atoms with E-state index < -0.39 is 0 Å². The number of hydrogen-bond donors (Lipinski definition) is 1. The van der Waals surface area contributed by atoms with E-state index in [0.29, 0.717) is 12.5 Å². The van der Waals surface area contributed by atoms with Crippen molar-refractivity contribution in [2.75, 3.05) is 6.54 Å². The summed E-state index contributed by atoms with van der Waals surface area (Å²) >= 11 is 7.61. The molecule has 1 amide bonds. The Morgan fingerprint density at radius 1 is 1.42 bits per heavy atom. The van der Waals surface area contributed by atoms with Crippen LogP contribution in [-0.4, -0.2) is 22.9 Å². The van der Waals surface area contributed by atoms with Crippen LogP contribution in [0.3, 0.4) is 0 Å². The van der Waals surface area contributed by atoms with Crippen LogP contribution in [0.15, 0.2) is 29.3 Å². The van der Waals surface area contributed by atoms with E-state index in [9.17, 15) is 4.79 Å². The highest BCUT2D eigenvalue weighted by atomic mass is 35.5. The van der Waals surface area contributed by atoms with Gasteiger partial charge in [-0.15, -0.1) is 0 Å². The molecule has 0 aliphatic carbocycles. The molecule has 1 aromatic carbocycles. The van der Waals surface area contributed by atoms with Gasteiger partial charge in [0.15, 0.2) is 5.17 Å². The Bertz CT molecular complexity index is 502. The van der Waals surface area contributed by atoms with Crippen molar-refractivity contribution in [1.29, 1.82) is 0 Å². The Kier molecular flexibility index (Phi) is 4.88. The summed E-state index contributed by atoms with van der Waals surface area (Å²) in [7, 11) is 0. The second-order valence-electron chi connectivity index (χ2n) is 4.80. The molecular weight excluding hydrogens is 280 g/mol. The number of carbonyl (C=O) groups excluding carboxylic acids is 1. The van der Waals surface area contributed by atoms with Crippen LogP contribution in [0, 0.1) is 5.92 Å². The van der Waals surface area contributed by atoms with Crippen molar-refractivity contribution in [3.05, 3.63) is 34.9 Å². The average Bonchev–Trinajstić information content (AvgIpc) is 2.73. The lowest BCUT2D eigenvalue weighted by molar-refractivity contribution is -0.119. The van der Waals surface area contributed by atoms with Gasteiger partial charge in [-0.3, -0.25) is 9.79 Å². The molecule has 1 fully saturated rings. The normalized spacial score (nSPS) is 21.2. The highest BCUT2D eigenvalue weighted by Gasteiger charge is 2.32. The van der Waals surface area contributed by atoms with Crippen molar-refractivity contribution in [2.45, 2.75) is 25.5 Å². The van der Waals surface area contributed by atoms with Gasteiger partial charge in [-0.05, 0) is 24.0 Å². The van der Waals surface area contributed by atoms with Gasteiger partial charge in [-0.1, -0.05) is 55.4 Å². The van der Waals surface area contributed by atoms with E-state index in [1.54, 1.807) is 0 Å². The minimum Gasteiger partial charge on any atom is -0.304 e. The summed E-state index contributed by atoms with van der Waals surface area (Å²) in [4.78, 5) is 16.1. The zero-order valence-corrected chi connectivity index (χ0v) is 12.6. The minimum atomic E-state index is -0.0148. The number of halogens is 1. The van der Waals surface area contributed by atoms with Crippen LogP contribution < -0.4 is 5.32 Å². The fraction of sp³-hybridized carbons (Fsp3) is 0.429. The van der Waals surface area contributed by atoms with Crippen LogP contribution >= 0.6 is 23.4 Å². The maximum Gasteiger partial charge on any atom is 0.239 e. The first-order valence-electron chi connectivity index (χ1n) is 6.33. The number of rotatable bonds is 4. The molecule has 1 atom stereocenters. The number of benzene rings is 1. The molecule has 0 saturated carbocycles. The van der Waals surface area contributed by atoms with Gasteiger partial charge >= 0.3 is 0 Å². The molecule has 5 heteroatoms. The third-order valence-corrected chi connectivity index (χ3v) is 4.76. The molecule has 1 aromatic rings. The Morgan fingerprint density at radius 3 is 2.79 bits per heavy atom. The van der Waals surface area contributed by atoms with E-state index in [0.717, 1.165) is 22.2 Å². The van der Waals surface area contributed by atoms with Crippen LogP contribution in [0.2, 0.25) is 5.02 Å². The first-order valence-corrected chi connectivity index (χ1v) is 7.59. The summed E-state index contributed by atoms with van der Waals surface area (Å²) in [6, 6.07) is 7.76. The molecule has 2 rings (SSSR count). The van der Waals surface area contributed by atoms with Gasteiger partial charge in [0.1, 0.15) is 0 Å². The van der Waals surface area contributed by atoms with Crippen molar-refractivity contribution in [3.8, 4) is 0 Å². The van der Waals surface area contributed by atoms with Crippen LogP contribution in [0.1, 0.15) is 19.4 Å². The molecule has 0 bridgehead atoms. The number of amidine groups is 1. The SMILES string of the molecule is CC(C)C1SC(=NCCc2ccccc2Cl)NC1=O. The maximum absolute atomic E-state index is 11.7. The number of carbonyl (C=O) groups is 1. The second-order valence-corrected chi connectivity index (χ2v) is 6.34. The third-order valence-electron chi connectivity index (χ3n) is 2.93. The third kappa shape index (κ3) is 3.74. The summed E-state index contributed by atoms with van der Waals surface area (Å²) in [5, 5.41) is 4.31. The Hall–Kier alpha value is -1.00. The standard InChI is InChI=1S/C14H17ClN2OS/c1-9(2)12-13(18)17-14(19-12)16-8-7-10-5-3-4-6-11(10)15/h3-6,9,12H,7-8H2,1-2H3,(H,16,17,18). The van der Waals surface area contributed by atoms with E-state index in [4.69, 9.17) is 11.6 Å². The quantitative estimate of drug-likeness (QED) is 0.927. The first kappa shape index (κ1) is 14.4. The van der Waals surface area contributed by atoms with Crippen LogP contribution in [0.25, 0.3) is 0 Å². The molecular formula is C14H17ClN2OS. The molecule has 0 spiro atoms. The van der Waals surface area contributed by atoms with E-state index in [2.05, 4.69) is 10.3 Å². The minimum absolute atomic E-state index is 0.0148. The highest BCUT2D eigenvalue weighted by molar-refractivity contribution is 8.15. The molecule has 1 unspecified atom stereocenters. The van der Waals surface area contributed by atoms with Gasteiger partial charge in [-0.2, -0.15) is 0 Å². The monoisotopic (exact) mass is 296 g/mol. The summed E-state index contributed by atoms with van der Waals surface area (Å²) in [5.41, 5.74) is 1.09. The number of amides is 1. The van der Waals surface area contributed by atoms with Gasteiger partial charge in [-0.25, -0.2) is 0 Å². The van der Waals surface area contributed by atoms with Crippen molar-refractivity contribution in [2.24, 2.45) is 10.9 Å². The summed E-state index contributed by atoms with van der Waals surface area (Å²) < 4.78 is 0. The van der Waals surface area contributed by atoms with Gasteiger partial charge in [0, 0.05) is 11.6 Å². The topological polar surface area (TPSA) is 41.5 Å². The number of nitrogens with one attached hydrogen (secondary N) is 1. The predicted molar refractivity (Wildman–Crippen MR) is 81.8 cm³/mol. The molecule has 1 N–H and O–H groups in total. The van der Waals surface area contributed by atoms with Crippen molar-refractivity contribution in [1.82, 2.24) is 5.32 Å². The highest BCUT2D eigenvalue weighted by Crippen LogP contribution is 2.25. The number of hydrogen-bond acceptors (Lipinski definition) is 3. The molecule has 102 valence electrons. The molecule has 3 nitrogen and oxygen atoms in total. The number of aliphatic imine (C=N–C) groups is 1. The molecule has 1 saturated heterocycles. The largest absolute Gasteiger partial charge is 0.304 e. The van der Waals surface area contributed by atoms with E-state index >= 15 is 0 Å². The van der Waals surface area contributed by atoms with Gasteiger partial charge in [0.05, 0.1) is 5.25 Å². The zero-order chi connectivity index (χ0) is 13.8. The fourth-order valence-electron chi connectivity index (χ4n) is 1.87. The lowest BCUT2D eigenvalue weighted by atomic mass is 10.1. The lowest BCUT2D eigenvalue weighted by Gasteiger charge is -2.07. The summed E-state index contributed by atoms with van der Waals surface area (Å²) in [6.45, 7) is 4.73. The van der Waals surface area contributed by atoms with Crippen molar-refractivity contribution in [3.63, 3.8) is 0 Å². The fourth-order valence-corrected chi connectivity index (χ4v) is 3.11. The lowest BCUT2D eigenvalue weighted by Crippen LogP contribution is -2.27. The summed E-state index contributed by atoms with van der Waals surface area (Å²) in [6.07, 6.45) is 0.784.